The molecule has 0 aliphatic heterocycles. The van der Waals surface area contributed by atoms with Crippen LogP contribution in [0, 0.1) is 13.8 Å². The van der Waals surface area contributed by atoms with E-state index in [0.29, 0.717) is 5.69 Å². The van der Waals surface area contributed by atoms with Crippen LogP contribution in [0.2, 0.25) is 0 Å². The Hall–Kier alpha value is -2.77. The molecular weight excluding hydrogens is 340 g/mol. The second-order valence-corrected chi connectivity index (χ2v) is 7.14. The summed E-state index contributed by atoms with van der Waals surface area (Å²) in [5, 5.41) is 19.1. The molecular formula is C18H16N2O4S. The summed E-state index contributed by atoms with van der Waals surface area (Å²) in [4.78, 5) is -0.266. The molecule has 3 aromatic carbocycles. The highest BCUT2D eigenvalue weighted by Gasteiger charge is 2.16. The largest absolute Gasteiger partial charge is 0.505 e. The number of nitrogens with zero attached hydrogens (tertiary/aromatic N) is 2. The van der Waals surface area contributed by atoms with Gasteiger partial charge in [0.1, 0.15) is 10.6 Å². The fourth-order valence-corrected chi connectivity index (χ4v) is 3.34. The molecule has 0 unspecified atom stereocenters. The molecule has 2 N–H and O–H groups in total. The van der Waals surface area contributed by atoms with Crippen LogP contribution in [-0.4, -0.2) is 18.1 Å². The Labute approximate surface area is 145 Å². The molecule has 6 nitrogen and oxygen atoms in total. The topological polar surface area (TPSA) is 99.3 Å². The molecule has 128 valence electrons. The van der Waals surface area contributed by atoms with Crippen molar-refractivity contribution in [3.8, 4) is 5.75 Å². The summed E-state index contributed by atoms with van der Waals surface area (Å²) in [5.74, 6) is -0.198. The maximum Gasteiger partial charge on any atom is 0.295 e. The highest BCUT2D eigenvalue weighted by molar-refractivity contribution is 7.86. The molecule has 0 bridgehead atoms. The van der Waals surface area contributed by atoms with Crippen molar-refractivity contribution in [3.63, 3.8) is 0 Å². The van der Waals surface area contributed by atoms with Crippen LogP contribution < -0.4 is 0 Å². The van der Waals surface area contributed by atoms with Crippen LogP contribution in [0.1, 0.15) is 11.1 Å². The van der Waals surface area contributed by atoms with Crippen LogP contribution in [-0.2, 0) is 10.1 Å². The van der Waals surface area contributed by atoms with E-state index in [0.717, 1.165) is 11.1 Å². The monoisotopic (exact) mass is 356 g/mol. The first kappa shape index (κ1) is 17.1. The highest BCUT2D eigenvalue weighted by atomic mass is 32.2. The number of phenolic OH excluding ortho intramolecular Hbond substituents is 1. The fraction of sp³-hybridized carbons (Fsp3) is 0.111. The molecule has 0 aliphatic carbocycles. The molecule has 0 heterocycles. The maximum atomic E-state index is 11.5. The van der Waals surface area contributed by atoms with E-state index in [1.54, 1.807) is 6.07 Å². The van der Waals surface area contributed by atoms with Crippen molar-refractivity contribution < 1.29 is 18.1 Å². The standard InChI is InChI=1S/C18H16N2O4S/c1-11-6-8-15(12(2)10-11)19-20-16-9-7-13-14(18(16)21)4-3-5-17(13)25(22,23)24/h3-10,21H,1-2H3,(H,22,23,24). The Morgan fingerprint density at radius 1 is 0.880 bits per heavy atom. The minimum atomic E-state index is -4.39. The number of aromatic hydroxyl groups is 1. The predicted molar refractivity (Wildman–Crippen MR) is 95.5 cm³/mol. The molecule has 3 aromatic rings. The van der Waals surface area contributed by atoms with E-state index < -0.39 is 10.1 Å². The van der Waals surface area contributed by atoms with Gasteiger partial charge in [-0.05, 0) is 37.6 Å². The minimum Gasteiger partial charge on any atom is -0.505 e. The number of rotatable bonds is 3. The van der Waals surface area contributed by atoms with Gasteiger partial charge in [-0.2, -0.15) is 13.5 Å². The first-order chi connectivity index (χ1) is 11.8. The zero-order valence-electron chi connectivity index (χ0n) is 13.6. The number of aryl methyl sites for hydroxylation is 2. The van der Waals surface area contributed by atoms with Gasteiger partial charge in [0.15, 0.2) is 5.75 Å². The van der Waals surface area contributed by atoms with Gasteiger partial charge in [-0.3, -0.25) is 4.55 Å². The smallest absolute Gasteiger partial charge is 0.295 e. The van der Waals surface area contributed by atoms with Crippen molar-refractivity contribution in [2.24, 2.45) is 10.2 Å². The average Bonchev–Trinajstić information content (AvgIpc) is 2.54. The number of hydrogen-bond donors (Lipinski definition) is 2. The number of fused-ring (bicyclic) bond motifs is 1. The van der Waals surface area contributed by atoms with Crippen LogP contribution in [0.5, 0.6) is 5.75 Å². The molecule has 0 amide bonds. The number of benzene rings is 3. The third kappa shape index (κ3) is 3.38. The van der Waals surface area contributed by atoms with Crippen LogP contribution in [0.3, 0.4) is 0 Å². The Morgan fingerprint density at radius 3 is 2.24 bits per heavy atom. The van der Waals surface area contributed by atoms with Crippen molar-refractivity contribution in [1.82, 2.24) is 0 Å². The summed E-state index contributed by atoms with van der Waals surface area (Å²) < 4.78 is 32.2. The Bertz CT molecular complexity index is 1110. The quantitative estimate of drug-likeness (QED) is 0.519. The lowest BCUT2D eigenvalue weighted by molar-refractivity contribution is 0.482. The zero-order valence-corrected chi connectivity index (χ0v) is 14.4. The number of azo groups is 1. The van der Waals surface area contributed by atoms with Gasteiger partial charge in [0.05, 0.1) is 5.69 Å². The Morgan fingerprint density at radius 2 is 1.56 bits per heavy atom. The molecule has 0 atom stereocenters. The molecule has 0 aromatic heterocycles. The fourth-order valence-electron chi connectivity index (χ4n) is 2.63. The molecule has 0 spiro atoms. The van der Waals surface area contributed by atoms with Crippen LogP contribution >= 0.6 is 0 Å². The van der Waals surface area contributed by atoms with E-state index in [9.17, 15) is 18.1 Å². The van der Waals surface area contributed by atoms with Gasteiger partial charge in [-0.25, -0.2) is 0 Å². The van der Waals surface area contributed by atoms with Gasteiger partial charge in [0, 0.05) is 10.8 Å². The number of phenols is 1. The lowest BCUT2D eigenvalue weighted by Gasteiger charge is -2.07. The van der Waals surface area contributed by atoms with Crippen LogP contribution in [0.15, 0.2) is 63.7 Å². The molecule has 0 aliphatic rings. The van der Waals surface area contributed by atoms with Gasteiger partial charge in [-0.1, -0.05) is 35.9 Å². The Balaban J connectivity index is 2.10. The van der Waals surface area contributed by atoms with Crippen molar-refractivity contribution in [2.45, 2.75) is 18.7 Å². The summed E-state index contributed by atoms with van der Waals surface area (Å²) in [7, 11) is -4.39. The lowest BCUT2D eigenvalue weighted by atomic mass is 10.1. The van der Waals surface area contributed by atoms with Crippen molar-refractivity contribution in [2.75, 3.05) is 0 Å². The third-order valence-electron chi connectivity index (χ3n) is 3.87. The summed E-state index contributed by atoms with van der Waals surface area (Å²) in [6, 6.07) is 12.9. The predicted octanol–water partition coefficient (Wildman–Crippen LogP) is 4.82. The molecule has 0 saturated carbocycles. The lowest BCUT2D eigenvalue weighted by Crippen LogP contribution is -1.98. The first-order valence-corrected chi connectivity index (χ1v) is 8.92. The summed E-state index contributed by atoms with van der Waals surface area (Å²) in [6.45, 7) is 3.90. The highest BCUT2D eigenvalue weighted by Crippen LogP contribution is 2.38. The van der Waals surface area contributed by atoms with Crippen LogP contribution in [0.4, 0.5) is 11.4 Å². The molecule has 0 fully saturated rings. The summed E-state index contributed by atoms with van der Waals surface area (Å²) >= 11 is 0. The molecule has 0 saturated heterocycles. The third-order valence-corrected chi connectivity index (χ3v) is 4.78. The molecule has 7 heteroatoms. The van der Waals surface area contributed by atoms with Crippen molar-refractivity contribution >= 4 is 32.3 Å². The minimum absolute atomic E-state index is 0.198. The van der Waals surface area contributed by atoms with E-state index in [2.05, 4.69) is 10.2 Å². The van der Waals surface area contributed by atoms with E-state index >= 15 is 0 Å². The number of hydrogen-bond acceptors (Lipinski definition) is 5. The average molecular weight is 356 g/mol. The van der Waals surface area contributed by atoms with Gasteiger partial charge in [0.25, 0.3) is 10.1 Å². The van der Waals surface area contributed by atoms with Crippen molar-refractivity contribution in [3.05, 3.63) is 59.7 Å². The maximum absolute atomic E-state index is 11.5. The normalized spacial score (nSPS) is 12.1. The zero-order chi connectivity index (χ0) is 18.2. The SMILES string of the molecule is Cc1ccc(N=Nc2ccc3c(S(=O)(=O)O)cccc3c2O)c(C)c1. The first-order valence-electron chi connectivity index (χ1n) is 7.48. The second-order valence-electron chi connectivity index (χ2n) is 5.75. The van der Waals surface area contributed by atoms with Crippen molar-refractivity contribution in [1.29, 1.82) is 0 Å². The van der Waals surface area contributed by atoms with E-state index in [1.165, 1.54) is 24.3 Å². The van der Waals surface area contributed by atoms with Gasteiger partial charge in [-0.15, -0.1) is 5.11 Å². The molecule has 25 heavy (non-hydrogen) atoms. The van der Waals surface area contributed by atoms with Gasteiger partial charge >= 0.3 is 0 Å². The van der Waals surface area contributed by atoms with Gasteiger partial charge < -0.3 is 5.11 Å². The molecule has 0 radical (unpaired) electrons. The van der Waals surface area contributed by atoms with Gasteiger partial charge in [0.2, 0.25) is 0 Å². The van der Waals surface area contributed by atoms with E-state index in [-0.39, 0.29) is 27.1 Å². The second kappa shape index (κ2) is 6.27. The Kier molecular flexibility index (Phi) is 4.28. The van der Waals surface area contributed by atoms with E-state index in [1.807, 2.05) is 32.0 Å². The summed E-state index contributed by atoms with van der Waals surface area (Å²) in [6.07, 6.45) is 0. The molecule has 3 rings (SSSR count). The summed E-state index contributed by atoms with van der Waals surface area (Å²) in [5.41, 5.74) is 2.96. The van der Waals surface area contributed by atoms with E-state index in [4.69, 9.17) is 0 Å². The van der Waals surface area contributed by atoms with Crippen LogP contribution in [0.25, 0.3) is 10.8 Å².